The third kappa shape index (κ3) is 2.66. The zero-order valence-electron chi connectivity index (χ0n) is 10.7. The van der Waals surface area contributed by atoms with E-state index in [9.17, 15) is 13.9 Å². The highest BCUT2D eigenvalue weighted by atomic mass is 19.1. The Balaban J connectivity index is 2.59. The lowest BCUT2D eigenvalue weighted by Gasteiger charge is -2.29. The predicted molar refractivity (Wildman–Crippen MR) is 70.7 cm³/mol. The van der Waals surface area contributed by atoms with Crippen molar-refractivity contribution in [2.24, 2.45) is 0 Å². The molecule has 0 saturated carbocycles. The van der Waals surface area contributed by atoms with Gasteiger partial charge in [0.1, 0.15) is 17.2 Å². The van der Waals surface area contributed by atoms with E-state index >= 15 is 0 Å². The average Bonchev–Trinajstić information content (AvgIpc) is 2.42. The van der Waals surface area contributed by atoms with Crippen LogP contribution in [0.2, 0.25) is 0 Å². The fraction of sp³-hybridized carbons (Fsp3) is 0.250. The Bertz CT molecular complexity index is 554. The SMILES string of the molecule is CCCC(O)(c1ccccc1)c1cc(F)ccc1F. The molecule has 100 valence electrons. The van der Waals surface area contributed by atoms with Gasteiger partial charge in [0, 0.05) is 5.56 Å². The monoisotopic (exact) mass is 262 g/mol. The highest BCUT2D eigenvalue weighted by molar-refractivity contribution is 5.37. The van der Waals surface area contributed by atoms with Crippen LogP contribution in [0.25, 0.3) is 0 Å². The maximum absolute atomic E-state index is 13.9. The molecule has 0 spiro atoms. The van der Waals surface area contributed by atoms with E-state index in [0.717, 1.165) is 18.2 Å². The van der Waals surface area contributed by atoms with Crippen molar-refractivity contribution >= 4 is 0 Å². The Morgan fingerprint density at radius 2 is 1.74 bits per heavy atom. The molecule has 0 aromatic heterocycles. The third-order valence-electron chi connectivity index (χ3n) is 3.24. The molecule has 0 bridgehead atoms. The number of benzene rings is 2. The summed E-state index contributed by atoms with van der Waals surface area (Å²) in [6.45, 7) is 1.89. The molecule has 2 aromatic rings. The Morgan fingerprint density at radius 1 is 1.05 bits per heavy atom. The molecule has 0 heterocycles. The van der Waals surface area contributed by atoms with Crippen LogP contribution in [-0.2, 0) is 5.60 Å². The molecule has 0 saturated heterocycles. The lowest BCUT2D eigenvalue weighted by Crippen LogP contribution is -2.28. The molecular formula is C16H16F2O. The summed E-state index contributed by atoms with van der Waals surface area (Å²) in [6.07, 6.45) is 0.985. The zero-order chi connectivity index (χ0) is 13.9. The minimum Gasteiger partial charge on any atom is -0.380 e. The van der Waals surface area contributed by atoms with E-state index in [1.165, 1.54) is 0 Å². The molecule has 0 amide bonds. The van der Waals surface area contributed by atoms with Crippen molar-refractivity contribution in [2.45, 2.75) is 25.4 Å². The topological polar surface area (TPSA) is 20.2 Å². The van der Waals surface area contributed by atoms with Gasteiger partial charge in [-0.05, 0) is 30.2 Å². The lowest BCUT2D eigenvalue weighted by molar-refractivity contribution is 0.0659. The normalized spacial score (nSPS) is 14.1. The summed E-state index contributed by atoms with van der Waals surface area (Å²) < 4.78 is 27.3. The largest absolute Gasteiger partial charge is 0.380 e. The van der Waals surface area contributed by atoms with Crippen molar-refractivity contribution in [3.8, 4) is 0 Å². The van der Waals surface area contributed by atoms with E-state index in [-0.39, 0.29) is 5.56 Å². The van der Waals surface area contributed by atoms with Gasteiger partial charge in [0.2, 0.25) is 0 Å². The molecule has 0 radical (unpaired) electrons. The van der Waals surface area contributed by atoms with Crippen LogP contribution in [0.15, 0.2) is 48.5 Å². The average molecular weight is 262 g/mol. The fourth-order valence-corrected chi connectivity index (χ4v) is 2.32. The summed E-state index contributed by atoms with van der Waals surface area (Å²) in [6, 6.07) is 12.0. The van der Waals surface area contributed by atoms with Crippen LogP contribution in [0.4, 0.5) is 8.78 Å². The smallest absolute Gasteiger partial charge is 0.129 e. The van der Waals surface area contributed by atoms with Crippen molar-refractivity contribution in [1.29, 1.82) is 0 Å². The second-order valence-electron chi connectivity index (χ2n) is 4.60. The first-order chi connectivity index (χ1) is 9.08. The van der Waals surface area contributed by atoms with E-state index in [2.05, 4.69) is 0 Å². The molecule has 0 fully saturated rings. The Labute approximate surface area is 111 Å². The van der Waals surface area contributed by atoms with Gasteiger partial charge in [0.05, 0.1) is 0 Å². The van der Waals surface area contributed by atoms with E-state index in [1.54, 1.807) is 24.3 Å². The molecule has 1 N–H and O–H groups in total. The summed E-state index contributed by atoms with van der Waals surface area (Å²) >= 11 is 0. The standard InChI is InChI=1S/C16H16F2O/c1-2-10-16(19,12-6-4-3-5-7-12)14-11-13(17)8-9-15(14)18/h3-9,11,19H,2,10H2,1H3. The zero-order valence-corrected chi connectivity index (χ0v) is 10.7. The third-order valence-corrected chi connectivity index (χ3v) is 3.24. The summed E-state index contributed by atoms with van der Waals surface area (Å²) in [4.78, 5) is 0. The van der Waals surface area contributed by atoms with Gasteiger partial charge < -0.3 is 5.11 Å². The first-order valence-electron chi connectivity index (χ1n) is 6.31. The van der Waals surface area contributed by atoms with Crippen molar-refractivity contribution < 1.29 is 13.9 Å². The summed E-state index contributed by atoms with van der Waals surface area (Å²) in [5.41, 5.74) is -0.941. The van der Waals surface area contributed by atoms with Gasteiger partial charge in [0.15, 0.2) is 0 Å². The number of hydrogen-bond donors (Lipinski definition) is 1. The Morgan fingerprint density at radius 3 is 2.37 bits per heavy atom. The quantitative estimate of drug-likeness (QED) is 0.883. The van der Waals surface area contributed by atoms with Gasteiger partial charge in [-0.2, -0.15) is 0 Å². The number of aliphatic hydroxyl groups is 1. The van der Waals surface area contributed by atoms with Gasteiger partial charge in [0.25, 0.3) is 0 Å². The first-order valence-corrected chi connectivity index (χ1v) is 6.31. The highest BCUT2D eigenvalue weighted by Gasteiger charge is 2.33. The number of rotatable bonds is 4. The van der Waals surface area contributed by atoms with Crippen LogP contribution in [0, 0.1) is 11.6 Å². The molecule has 0 aliphatic heterocycles. The van der Waals surface area contributed by atoms with Crippen LogP contribution >= 0.6 is 0 Å². The van der Waals surface area contributed by atoms with E-state index < -0.39 is 17.2 Å². The van der Waals surface area contributed by atoms with Crippen LogP contribution in [0.1, 0.15) is 30.9 Å². The molecule has 3 heteroatoms. The van der Waals surface area contributed by atoms with Crippen LogP contribution in [0.5, 0.6) is 0 Å². The van der Waals surface area contributed by atoms with Gasteiger partial charge in [-0.3, -0.25) is 0 Å². The second kappa shape index (κ2) is 5.49. The number of halogens is 2. The highest BCUT2D eigenvalue weighted by Crippen LogP contribution is 2.35. The molecule has 0 aliphatic carbocycles. The van der Waals surface area contributed by atoms with Crippen LogP contribution in [0.3, 0.4) is 0 Å². The summed E-state index contributed by atoms with van der Waals surface area (Å²) in [7, 11) is 0. The maximum Gasteiger partial charge on any atom is 0.129 e. The summed E-state index contributed by atoms with van der Waals surface area (Å²) in [5, 5.41) is 10.9. The van der Waals surface area contributed by atoms with Gasteiger partial charge >= 0.3 is 0 Å². The van der Waals surface area contributed by atoms with Crippen molar-refractivity contribution in [3.05, 3.63) is 71.3 Å². The second-order valence-corrected chi connectivity index (χ2v) is 4.60. The minimum absolute atomic E-state index is 0.0134. The first kappa shape index (κ1) is 13.7. The van der Waals surface area contributed by atoms with E-state index in [1.807, 2.05) is 13.0 Å². The molecular weight excluding hydrogens is 246 g/mol. The number of hydrogen-bond acceptors (Lipinski definition) is 1. The van der Waals surface area contributed by atoms with Crippen LogP contribution in [-0.4, -0.2) is 5.11 Å². The maximum atomic E-state index is 13.9. The molecule has 2 rings (SSSR count). The lowest BCUT2D eigenvalue weighted by atomic mass is 9.82. The van der Waals surface area contributed by atoms with E-state index in [0.29, 0.717) is 18.4 Å². The summed E-state index contributed by atoms with van der Waals surface area (Å²) in [5.74, 6) is -1.15. The molecule has 1 atom stereocenters. The molecule has 2 aromatic carbocycles. The van der Waals surface area contributed by atoms with Crippen molar-refractivity contribution in [1.82, 2.24) is 0 Å². The van der Waals surface area contributed by atoms with Gasteiger partial charge in [-0.25, -0.2) is 8.78 Å². The minimum atomic E-state index is -1.50. The van der Waals surface area contributed by atoms with Gasteiger partial charge in [-0.1, -0.05) is 43.7 Å². The molecule has 19 heavy (non-hydrogen) atoms. The Hall–Kier alpha value is -1.74. The van der Waals surface area contributed by atoms with Crippen molar-refractivity contribution in [3.63, 3.8) is 0 Å². The molecule has 1 unspecified atom stereocenters. The Kier molecular flexibility index (Phi) is 3.96. The van der Waals surface area contributed by atoms with E-state index in [4.69, 9.17) is 0 Å². The van der Waals surface area contributed by atoms with Crippen LogP contribution < -0.4 is 0 Å². The fourth-order valence-electron chi connectivity index (χ4n) is 2.32. The van der Waals surface area contributed by atoms with Crippen molar-refractivity contribution in [2.75, 3.05) is 0 Å². The van der Waals surface area contributed by atoms with Gasteiger partial charge in [-0.15, -0.1) is 0 Å². The predicted octanol–water partition coefficient (Wildman–Crippen LogP) is 4.00. The molecule has 1 nitrogen and oxygen atoms in total. The molecule has 0 aliphatic rings.